The van der Waals surface area contributed by atoms with E-state index in [-0.39, 0.29) is 24.3 Å². The smallest absolute Gasteiger partial charge is 0.304 e. The van der Waals surface area contributed by atoms with Crippen molar-refractivity contribution >= 4 is 27.8 Å². The maximum Gasteiger partial charge on any atom is 0.304 e. The van der Waals surface area contributed by atoms with Crippen LogP contribution in [0.25, 0.3) is 0 Å². The molecule has 2 aliphatic carbocycles. The average molecular weight is 447 g/mol. The van der Waals surface area contributed by atoms with Gasteiger partial charge in [0.15, 0.2) is 5.69 Å². The van der Waals surface area contributed by atoms with Crippen molar-refractivity contribution in [2.45, 2.75) is 51.5 Å². The molecule has 0 bridgehead atoms. The Bertz CT molecular complexity index is 1090. The van der Waals surface area contributed by atoms with Crippen LogP contribution in [0.1, 0.15) is 52.5 Å². The number of amides is 1. The summed E-state index contributed by atoms with van der Waals surface area (Å²) in [7, 11) is -3.99. The van der Waals surface area contributed by atoms with Gasteiger partial charge in [0.2, 0.25) is 0 Å². The van der Waals surface area contributed by atoms with Gasteiger partial charge in [-0.3, -0.25) is 4.79 Å². The quantitative estimate of drug-likeness (QED) is 0.723. The summed E-state index contributed by atoms with van der Waals surface area (Å²) >= 11 is 0. The number of carbonyl (C=O) groups is 1. The summed E-state index contributed by atoms with van der Waals surface area (Å²) in [5.74, 6) is -0.820. The molecule has 1 fully saturated rings. The Morgan fingerprint density at radius 1 is 1.16 bits per heavy atom. The first-order chi connectivity index (χ1) is 14.9. The molecule has 10 heteroatoms. The molecule has 31 heavy (non-hydrogen) atoms. The van der Waals surface area contributed by atoms with Gasteiger partial charge in [-0.2, -0.15) is 17.7 Å². The topological polar surface area (TPSA) is 114 Å². The van der Waals surface area contributed by atoms with Gasteiger partial charge in [-0.25, -0.2) is 4.72 Å². The van der Waals surface area contributed by atoms with Gasteiger partial charge in [0.25, 0.3) is 11.9 Å². The SMILES string of the molecule is CC1COCCN1S(=O)(=O)NC(=O)c1coc(Nc2c3c(cc4c2CCC4)CCC3)n1. The molecule has 0 spiro atoms. The van der Waals surface area contributed by atoms with Gasteiger partial charge in [-0.15, -0.1) is 0 Å². The first-order valence-corrected chi connectivity index (χ1v) is 12.2. The molecule has 2 N–H and O–H groups in total. The van der Waals surface area contributed by atoms with Crippen LogP contribution < -0.4 is 10.0 Å². The number of benzene rings is 1. The van der Waals surface area contributed by atoms with Crippen LogP contribution in [0.15, 0.2) is 16.7 Å². The number of oxazole rings is 1. The number of ether oxygens (including phenoxy) is 1. The summed E-state index contributed by atoms with van der Waals surface area (Å²) in [4.78, 5) is 16.8. The standard InChI is InChI=1S/C21H26N4O5S/c1-13-11-29-9-8-25(13)31(27,28)24-20(26)18-12-30-21(22-18)23-19-16-6-2-4-14(16)10-15-5-3-7-17(15)19/h10,12-13H,2-9,11H2,1H3,(H,22,23)(H,24,26). The Balaban J connectivity index is 1.34. The van der Waals surface area contributed by atoms with Crippen molar-refractivity contribution in [3.8, 4) is 0 Å². The molecule has 0 radical (unpaired) electrons. The second-order valence-electron chi connectivity index (χ2n) is 8.37. The van der Waals surface area contributed by atoms with E-state index < -0.39 is 16.1 Å². The fourth-order valence-corrected chi connectivity index (χ4v) is 6.11. The number of rotatable bonds is 5. The zero-order chi connectivity index (χ0) is 21.6. The average Bonchev–Trinajstić information content (AvgIpc) is 3.48. The highest BCUT2D eigenvalue weighted by Crippen LogP contribution is 2.39. The lowest BCUT2D eigenvalue weighted by Crippen LogP contribution is -2.52. The predicted molar refractivity (Wildman–Crippen MR) is 114 cm³/mol. The second kappa shape index (κ2) is 7.92. The number of fused-ring (bicyclic) bond motifs is 2. The van der Waals surface area contributed by atoms with Gasteiger partial charge in [-0.1, -0.05) is 6.07 Å². The lowest BCUT2D eigenvalue weighted by atomic mass is 9.99. The summed E-state index contributed by atoms with van der Waals surface area (Å²) in [5.41, 5.74) is 6.31. The maximum atomic E-state index is 12.6. The summed E-state index contributed by atoms with van der Waals surface area (Å²) in [6.45, 7) is 2.51. The normalized spacial score (nSPS) is 21.0. The van der Waals surface area contributed by atoms with Gasteiger partial charge < -0.3 is 14.5 Å². The number of hydrogen-bond acceptors (Lipinski definition) is 7. The molecule has 0 saturated carbocycles. The van der Waals surface area contributed by atoms with Crippen molar-refractivity contribution in [3.05, 3.63) is 40.3 Å². The largest absolute Gasteiger partial charge is 0.431 e. The number of anilines is 2. The lowest BCUT2D eigenvalue weighted by molar-refractivity contribution is 0.0386. The molecule has 1 amide bonds. The molecule has 2 heterocycles. The number of nitrogens with one attached hydrogen (secondary N) is 2. The van der Waals surface area contributed by atoms with Crippen LogP contribution in [0, 0.1) is 0 Å². The van der Waals surface area contributed by atoms with Crippen molar-refractivity contribution in [2.24, 2.45) is 0 Å². The van der Waals surface area contributed by atoms with Gasteiger partial charge >= 0.3 is 10.2 Å². The van der Waals surface area contributed by atoms with E-state index in [0.29, 0.717) is 13.2 Å². The summed E-state index contributed by atoms with van der Waals surface area (Å²) < 4.78 is 39.3. The fourth-order valence-electron chi connectivity index (χ4n) is 4.81. The van der Waals surface area contributed by atoms with E-state index >= 15 is 0 Å². The van der Waals surface area contributed by atoms with Crippen molar-refractivity contribution in [1.82, 2.24) is 14.0 Å². The Hall–Kier alpha value is -2.43. The minimum atomic E-state index is -3.99. The minimum Gasteiger partial charge on any atom is -0.431 e. The monoisotopic (exact) mass is 446 g/mol. The van der Waals surface area contributed by atoms with E-state index in [1.165, 1.54) is 32.8 Å². The first-order valence-electron chi connectivity index (χ1n) is 10.7. The molecule has 1 aromatic carbocycles. The van der Waals surface area contributed by atoms with Crippen LogP contribution in [0.3, 0.4) is 0 Å². The van der Waals surface area contributed by atoms with Crippen LogP contribution in [0.2, 0.25) is 0 Å². The molecule has 1 atom stereocenters. The Labute approximate surface area is 181 Å². The highest BCUT2D eigenvalue weighted by molar-refractivity contribution is 7.87. The van der Waals surface area contributed by atoms with Crippen molar-refractivity contribution < 1.29 is 22.4 Å². The number of morpholine rings is 1. The molecular weight excluding hydrogens is 420 g/mol. The number of aryl methyl sites for hydroxylation is 2. The van der Waals surface area contributed by atoms with E-state index in [2.05, 4.69) is 21.1 Å². The van der Waals surface area contributed by atoms with Crippen LogP contribution in [-0.4, -0.2) is 49.4 Å². The van der Waals surface area contributed by atoms with Crippen LogP contribution in [-0.2, 0) is 40.6 Å². The Morgan fingerprint density at radius 3 is 2.55 bits per heavy atom. The molecule has 9 nitrogen and oxygen atoms in total. The number of carbonyl (C=O) groups excluding carboxylic acids is 1. The highest BCUT2D eigenvalue weighted by atomic mass is 32.2. The molecule has 1 unspecified atom stereocenters. The first kappa shape index (κ1) is 20.5. The number of hydrogen-bond donors (Lipinski definition) is 2. The Kier molecular flexibility index (Phi) is 5.23. The predicted octanol–water partition coefficient (Wildman–Crippen LogP) is 2.09. The maximum absolute atomic E-state index is 12.6. The third-order valence-electron chi connectivity index (χ3n) is 6.28. The molecule has 166 valence electrons. The van der Waals surface area contributed by atoms with E-state index in [9.17, 15) is 13.2 Å². The summed E-state index contributed by atoms with van der Waals surface area (Å²) in [6.07, 6.45) is 7.61. The third-order valence-corrected chi connectivity index (χ3v) is 7.88. The zero-order valence-corrected chi connectivity index (χ0v) is 18.3. The van der Waals surface area contributed by atoms with E-state index in [4.69, 9.17) is 9.15 Å². The zero-order valence-electron chi connectivity index (χ0n) is 17.4. The summed E-state index contributed by atoms with van der Waals surface area (Å²) in [6, 6.07) is 2.18. The number of nitrogens with zero attached hydrogens (tertiary/aromatic N) is 2. The third kappa shape index (κ3) is 3.83. The van der Waals surface area contributed by atoms with Gasteiger partial charge in [-0.05, 0) is 67.7 Å². The molecule has 1 saturated heterocycles. The fraction of sp³-hybridized carbons (Fsp3) is 0.524. The minimum absolute atomic E-state index is 0.0868. The van der Waals surface area contributed by atoms with E-state index in [1.807, 2.05) is 0 Å². The van der Waals surface area contributed by atoms with Crippen molar-refractivity contribution in [2.75, 3.05) is 25.1 Å². The van der Waals surface area contributed by atoms with Crippen molar-refractivity contribution in [1.29, 1.82) is 0 Å². The van der Waals surface area contributed by atoms with Gasteiger partial charge in [0.05, 0.1) is 13.2 Å². The number of aromatic nitrogens is 1. The van der Waals surface area contributed by atoms with E-state index in [1.54, 1.807) is 6.92 Å². The van der Waals surface area contributed by atoms with Crippen LogP contribution in [0.4, 0.5) is 11.7 Å². The molecule has 2 aromatic rings. The summed E-state index contributed by atoms with van der Waals surface area (Å²) in [5, 5.41) is 3.28. The second-order valence-corrected chi connectivity index (χ2v) is 9.99. The van der Waals surface area contributed by atoms with Crippen LogP contribution >= 0.6 is 0 Å². The van der Waals surface area contributed by atoms with Crippen molar-refractivity contribution in [3.63, 3.8) is 0 Å². The van der Waals surface area contributed by atoms with Gasteiger partial charge in [0, 0.05) is 18.3 Å². The molecular formula is C21H26N4O5S. The van der Waals surface area contributed by atoms with Gasteiger partial charge in [0.1, 0.15) is 6.26 Å². The molecule has 1 aliphatic heterocycles. The highest BCUT2D eigenvalue weighted by Gasteiger charge is 2.32. The van der Waals surface area contributed by atoms with Crippen LogP contribution in [0.5, 0.6) is 0 Å². The Morgan fingerprint density at radius 2 is 1.87 bits per heavy atom. The van der Waals surface area contributed by atoms with E-state index in [0.717, 1.165) is 44.2 Å². The molecule has 5 rings (SSSR count). The molecule has 3 aliphatic rings. The lowest BCUT2D eigenvalue weighted by Gasteiger charge is -2.31. The molecule has 1 aromatic heterocycles.